The molecule has 0 N–H and O–H groups in total. The minimum absolute atomic E-state index is 0.223. The first-order chi connectivity index (χ1) is 8.69. The van der Waals surface area contributed by atoms with Crippen LogP contribution < -0.4 is 0 Å². The molecule has 0 radical (unpaired) electrons. The Morgan fingerprint density at radius 3 is 3.00 bits per heavy atom. The van der Waals surface area contributed by atoms with Crippen molar-refractivity contribution in [1.82, 2.24) is 9.78 Å². The smallest absolute Gasteiger partial charge is 0.139 e. The van der Waals surface area contributed by atoms with E-state index >= 15 is 0 Å². The van der Waals surface area contributed by atoms with Crippen molar-refractivity contribution >= 4 is 5.78 Å². The normalized spacial score (nSPS) is 10.8. The molecular weight excluding hydrogens is 228 g/mol. The summed E-state index contributed by atoms with van der Waals surface area (Å²) >= 11 is 0. The van der Waals surface area contributed by atoms with Gasteiger partial charge in [-0.15, -0.1) is 0 Å². The zero-order valence-corrected chi connectivity index (χ0v) is 10.8. The number of ketones is 1. The number of furan rings is 1. The highest BCUT2D eigenvalue weighted by Crippen LogP contribution is 2.09. The first kappa shape index (κ1) is 12.6. The molecule has 0 spiro atoms. The van der Waals surface area contributed by atoms with Gasteiger partial charge < -0.3 is 4.42 Å². The summed E-state index contributed by atoms with van der Waals surface area (Å²) in [5.74, 6) is 1.09. The molecule has 4 heteroatoms. The van der Waals surface area contributed by atoms with E-state index in [2.05, 4.69) is 5.10 Å². The predicted molar refractivity (Wildman–Crippen MR) is 68.4 cm³/mol. The lowest BCUT2D eigenvalue weighted by molar-refractivity contribution is -0.118. The number of aryl methyl sites for hydroxylation is 3. The van der Waals surface area contributed by atoms with Crippen LogP contribution in [0, 0.1) is 6.92 Å². The number of hydrogen-bond acceptors (Lipinski definition) is 3. The Kier molecular flexibility index (Phi) is 3.97. The van der Waals surface area contributed by atoms with E-state index in [9.17, 15) is 4.79 Å². The molecule has 0 fully saturated rings. The fourth-order valence-electron chi connectivity index (χ4n) is 2.02. The molecule has 0 unspecified atom stereocenters. The van der Waals surface area contributed by atoms with Gasteiger partial charge in [-0.2, -0.15) is 5.10 Å². The number of rotatable bonds is 6. The summed E-state index contributed by atoms with van der Waals surface area (Å²) in [6.45, 7) is 4.78. The number of hydrogen-bond donors (Lipinski definition) is 0. The van der Waals surface area contributed by atoms with E-state index in [1.54, 1.807) is 6.26 Å². The minimum atomic E-state index is 0.223. The van der Waals surface area contributed by atoms with Crippen LogP contribution in [0.4, 0.5) is 0 Å². The van der Waals surface area contributed by atoms with Gasteiger partial charge in [0.25, 0.3) is 0 Å². The van der Waals surface area contributed by atoms with E-state index in [0.717, 1.165) is 23.7 Å². The van der Waals surface area contributed by atoms with Crippen LogP contribution in [0.2, 0.25) is 0 Å². The van der Waals surface area contributed by atoms with E-state index in [1.165, 1.54) is 0 Å². The molecule has 0 saturated carbocycles. The highest BCUT2D eigenvalue weighted by molar-refractivity contribution is 5.80. The first-order valence-electron chi connectivity index (χ1n) is 6.26. The van der Waals surface area contributed by atoms with Crippen LogP contribution in [0.3, 0.4) is 0 Å². The van der Waals surface area contributed by atoms with Gasteiger partial charge in [0.1, 0.15) is 11.5 Å². The SMILES string of the molecule is CCn1nc(C)cc1CC(=O)CCc1ccco1. The van der Waals surface area contributed by atoms with Crippen LogP contribution >= 0.6 is 0 Å². The molecule has 0 saturated heterocycles. The number of Topliss-reactive ketones (excluding diaryl/α,β-unsaturated/α-hetero) is 1. The third kappa shape index (κ3) is 3.09. The Morgan fingerprint density at radius 1 is 1.50 bits per heavy atom. The molecule has 0 bridgehead atoms. The van der Waals surface area contributed by atoms with Crippen LogP contribution in [0.1, 0.15) is 30.5 Å². The monoisotopic (exact) mass is 246 g/mol. The van der Waals surface area contributed by atoms with Gasteiger partial charge in [-0.3, -0.25) is 9.48 Å². The molecular formula is C14H18N2O2. The number of aromatic nitrogens is 2. The fourth-order valence-corrected chi connectivity index (χ4v) is 2.02. The zero-order valence-electron chi connectivity index (χ0n) is 10.8. The third-order valence-corrected chi connectivity index (χ3v) is 2.89. The van der Waals surface area contributed by atoms with E-state index in [-0.39, 0.29) is 5.78 Å². The molecule has 0 aliphatic carbocycles. The highest BCUT2D eigenvalue weighted by Gasteiger charge is 2.10. The number of nitrogens with zero attached hydrogens (tertiary/aromatic N) is 2. The predicted octanol–water partition coefficient (Wildman–Crippen LogP) is 2.55. The second-order valence-corrected chi connectivity index (χ2v) is 4.39. The second kappa shape index (κ2) is 5.67. The van der Waals surface area contributed by atoms with E-state index in [4.69, 9.17) is 4.42 Å². The molecule has 2 heterocycles. The maximum absolute atomic E-state index is 11.9. The van der Waals surface area contributed by atoms with Crippen LogP contribution in [0.25, 0.3) is 0 Å². The molecule has 4 nitrogen and oxygen atoms in total. The Morgan fingerprint density at radius 2 is 2.33 bits per heavy atom. The third-order valence-electron chi connectivity index (χ3n) is 2.89. The van der Waals surface area contributed by atoms with E-state index in [1.807, 2.05) is 36.7 Å². The Labute approximate surface area is 107 Å². The molecule has 2 aromatic heterocycles. The molecule has 18 heavy (non-hydrogen) atoms. The second-order valence-electron chi connectivity index (χ2n) is 4.39. The summed E-state index contributed by atoms with van der Waals surface area (Å²) in [5.41, 5.74) is 1.96. The van der Waals surface area contributed by atoms with Gasteiger partial charge in [-0.05, 0) is 32.0 Å². The fraction of sp³-hybridized carbons (Fsp3) is 0.429. The highest BCUT2D eigenvalue weighted by atomic mass is 16.3. The van der Waals surface area contributed by atoms with Crippen molar-refractivity contribution in [2.45, 2.75) is 39.7 Å². The molecule has 0 aliphatic heterocycles. The molecule has 96 valence electrons. The summed E-state index contributed by atoms with van der Waals surface area (Å²) in [7, 11) is 0. The van der Waals surface area contributed by atoms with Crippen molar-refractivity contribution in [3.8, 4) is 0 Å². The largest absolute Gasteiger partial charge is 0.469 e. The molecule has 0 aromatic carbocycles. The minimum Gasteiger partial charge on any atom is -0.469 e. The lowest BCUT2D eigenvalue weighted by Gasteiger charge is -2.03. The standard InChI is InChI=1S/C14H18N2O2/c1-3-16-12(9-11(2)15-16)10-13(17)6-7-14-5-4-8-18-14/h4-5,8-9H,3,6-7,10H2,1-2H3. The topological polar surface area (TPSA) is 48.0 Å². The van der Waals surface area contributed by atoms with Gasteiger partial charge in [-0.1, -0.05) is 0 Å². The molecule has 0 atom stereocenters. The number of carbonyl (C=O) groups is 1. The maximum atomic E-state index is 11.9. The van der Waals surface area contributed by atoms with Gasteiger partial charge in [0.2, 0.25) is 0 Å². The Bertz CT molecular complexity index is 512. The lowest BCUT2D eigenvalue weighted by atomic mass is 10.1. The summed E-state index contributed by atoms with van der Waals surface area (Å²) in [6.07, 6.45) is 3.28. The van der Waals surface area contributed by atoms with Crippen molar-refractivity contribution in [2.75, 3.05) is 0 Å². The Hall–Kier alpha value is -1.84. The van der Waals surface area contributed by atoms with Gasteiger partial charge in [-0.25, -0.2) is 0 Å². The van der Waals surface area contributed by atoms with Crippen LogP contribution in [-0.2, 0) is 24.2 Å². The van der Waals surface area contributed by atoms with E-state index in [0.29, 0.717) is 19.3 Å². The van der Waals surface area contributed by atoms with Crippen molar-refractivity contribution in [1.29, 1.82) is 0 Å². The van der Waals surface area contributed by atoms with Gasteiger partial charge in [0.15, 0.2) is 0 Å². The van der Waals surface area contributed by atoms with Crippen molar-refractivity contribution in [3.05, 3.63) is 41.6 Å². The zero-order chi connectivity index (χ0) is 13.0. The summed E-state index contributed by atoms with van der Waals surface area (Å²) < 4.78 is 7.10. The van der Waals surface area contributed by atoms with Crippen LogP contribution in [-0.4, -0.2) is 15.6 Å². The van der Waals surface area contributed by atoms with Gasteiger partial charge >= 0.3 is 0 Å². The van der Waals surface area contributed by atoms with E-state index < -0.39 is 0 Å². The summed E-state index contributed by atoms with van der Waals surface area (Å²) in [4.78, 5) is 11.9. The first-order valence-corrected chi connectivity index (χ1v) is 6.26. The average molecular weight is 246 g/mol. The van der Waals surface area contributed by atoms with Crippen molar-refractivity contribution in [3.63, 3.8) is 0 Å². The summed E-state index contributed by atoms with van der Waals surface area (Å²) in [5, 5.41) is 4.34. The van der Waals surface area contributed by atoms with Crippen molar-refractivity contribution < 1.29 is 9.21 Å². The van der Waals surface area contributed by atoms with Crippen LogP contribution in [0.5, 0.6) is 0 Å². The quantitative estimate of drug-likeness (QED) is 0.787. The lowest BCUT2D eigenvalue weighted by Crippen LogP contribution is -2.10. The molecule has 0 amide bonds. The maximum Gasteiger partial charge on any atom is 0.139 e. The summed E-state index contributed by atoms with van der Waals surface area (Å²) in [6, 6.07) is 5.72. The van der Waals surface area contributed by atoms with Crippen LogP contribution in [0.15, 0.2) is 28.9 Å². The van der Waals surface area contributed by atoms with Gasteiger partial charge in [0.05, 0.1) is 12.0 Å². The molecule has 2 rings (SSSR count). The average Bonchev–Trinajstić information content (AvgIpc) is 2.96. The molecule has 2 aromatic rings. The Balaban J connectivity index is 1.90. The number of carbonyl (C=O) groups excluding carboxylic acids is 1. The van der Waals surface area contributed by atoms with Crippen molar-refractivity contribution in [2.24, 2.45) is 0 Å². The van der Waals surface area contributed by atoms with Gasteiger partial charge in [0, 0.05) is 31.5 Å². The molecule has 0 aliphatic rings.